The van der Waals surface area contributed by atoms with E-state index in [0.717, 1.165) is 38.5 Å². The van der Waals surface area contributed by atoms with E-state index < -0.39 is 40.0 Å². The van der Waals surface area contributed by atoms with Gasteiger partial charge in [-0.25, -0.2) is 0 Å². The molecule has 4 N–H and O–H groups in total. The highest BCUT2D eigenvalue weighted by atomic mass is 32.2. The Hall–Kier alpha value is -1.48. The number of carbonyl (C=O) groups is 1. The van der Waals surface area contributed by atoms with Gasteiger partial charge in [0.05, 0.1) is 17.9 Å². The summed E-state index contributed by atoms with van der Waals surface area (Å²) >= 11 is 0. The van der Waals surface area contributed by atoms with Crippen molar-refractivity contribution < 1.29 is 28.0 Å². The van der Waals surface area contributed by atoms with Crippen molar-refractivity contribution in [2.45, 2.75) is 199 Å². The largest absolute Gasteiger partial charge is 0.387 e. The zero-order valence-electron chi connectivity index (χ0n) is 30.3. The first kappa shape index (κ1) is 45.5. The van der Waals surface area contributed by atoms with Gasteiger partial charge in [0, 0.05) is 0 Å². The molecule has 0 aliphatic rings. The molecule has 0 bridgehead atoms. The highest BCUT2D eigenvalue weighted by molar-refractivity contribution is 7.85. The summed E-state index contributed by atoms with van der Waals surface area (Å²) in [6.45, 7) is 4.45. The first-order valence-electron chi connectivity index (χ1n) is 19.3. The summed E-state index contributed by atoms with van der Waals surface area (Å²) in [4.78, 5) is 12.5. The Balaban J connectivity index is 4.03. The van der Waals surface area contributed by atoms with Crippen molar-refractivity contribution in [2.24, 2.45) is 0 Å². The molecule has 0 aliphatic carbocycles. The zero-order chi connectivity index (χ0) is 34.9. The van der Waals surface area contributed by atoms with Crippen LogP contribution in [0, 0.1) is 0 Å². The van der Waals surface area contributed by atoms with Gasteiger partial charge in [0.15, 0.2) is 0 Å². The van der Waals surface area contributed by atoms with Crippen molar-refractivity contribution in [3.05, 3.63) is 36.5 Å². The van der Waals surface area contributed by atoms with Crippen LogP contribution in [0.5, 0.6) is 0 Å². The molecular weight excluding hydrogens is 610 g/mol. The number of nitrogens with one attached hydrogen (secondary N) is 1. The molecule has 0 saturated carbocycles. The standard InChI is InChI=1S/C39H73NO6S/c1-3-5-7-9-11-13-15-16-17-18-19-20-21-22-23-24-26-28-30-32-34-38(42)39(43)40-36(35-47(44,45)46)37(41)33-31-29-27-25-14-12-10-8-6-4-2/h14,20-21,25,31,33,36-38,41-42H,3-13,15-19,22-24,26-30,32,34-35H2,1-2H3,(H,40,43)(H,44,45,46)/b21-20-,25-14+,33-31+. The van der Waals surface area contributed by atoms with E-state index in [1.807, 2.05) is 0 Å². The maximum Gasteiger partial charge on any atom is 0.267 e. The maximum absolute atomic E-state index is 12.5. The van der Waals surface area contributed by atoms with E-state index in [9.17, 15) is 28.0 Å². The third-order valence-corrected chi connectivity index (χ3v) is 9.43. The maximum atomic E-state index is 12.5. The molecule has 0 spiro atoms. The van der Waals surface area contributed by atoms with Crippen molar-refractivity contribution in [3.63, 3.8) is 0 Å². The van der Waals surface area contributed by atoms with Crippen LogP contribution in [0.25, 0.3) is 0 Å². The molecule has 7 nitrogen and oxygen atoms in total. The van der Waals surface area contributed by atoms with Crippen molar-refractivity contribution in [1.29, 1.82) is 0 Å². The molecule has 0 aliphatic heterocycles. The van der Waals surface area contributed by atoms with Gasteiger partial charge in [-0.2, -0.15) is 8.42 Å². The number of allylic oxidation sites excluding steroid dienone is 5. The second-order valence-electron chi connectivity index (χ2n) is 13.3. The topological polar surface area (TPSA) is 124 Å². The van der Waals surface area contributed by atoms with Crippen LogP contribution in [0.3, 0.4) is 0 Å². The molecule has 0 aromatic carbocycles. The zero-order valence-corrected chi connectivity index (χ0v) is 31.1. The Kier molecular flexibility index (Phi) is 32.0. The second-order valence-corrected chi connectivity index (χ2v) is 14.8. The van der Waals surface area contributed by atoms with Crippen molar-refractivity contribution in [3.8, 4) is 0 Å². The van der Waals surface area contributed by atoms with Gasteiger partial charge in [0.2, 0.25) is 5.91 Å². The molecule has 0 aromatic rings. The number of aliphatic hydroxyl groups is 2. The Morgan fingerprint density at radius 3 is 1.43 bits per heavy atom. The van der Waals surface area contributed by atoms with E-state index in [1.165, 1.54) is 115 Å². The number of amides is 1. The van der Waals surface area contributed by atoms with Gasteiger partial charge in [-0.05, 0) is 57.8 Å². The van der Waals surface area contributed by atoms with Gasteiger partial charge < -0.3 is 15.5 Å². The Bertz CT molecular complexity index is 901. The number of carbonyl (C=O) groups excluding carboxylic acids is 1. The second kappa shape index (κ2) is 33.0. The fourth-order valence-electron chi connectivity index (χ4n) is 5.64. The van der Waals surface area contributed by atoms with Crippen LogP contribution < -0.4 is 5.32 Å². The average molecular weight is 684 g/mol. The van der Waals surface area contributed by atoms with Gasteiger partial charge >= 0.3 is 0 Å². The van der Waals surface area contributed by atoms with Crippen LogP contribution in [0.15, 0.2) is 36.5 Å². The summed E-state index contributed by atoms with van der Waals surface area (Å²) in [5.41, 5.74) is 0. The predicted octanol–water partition coefficient (Wildman–Crippen LogP) is 9.93. The monoisotopic (exact) mass is 684 g/mol. The Labute approximate surface area is 289 Å². The van der Waals surface area contributed by atoms with Crippen LogP contribution in [0.1, 0.15) is 181 Å². The molecule has 0 fully saturated rings. The molecule has 276 valence electrons. The fraction of sp³-hybridized carbons (Fsp3) is 0.821. The van der Waals surface area contributed by atoms with E-state index in [0.29, 0.717) is 12.8 Å². The summed E-state index contributed by atoms with van der Waals surface area (Å²) in [6, 6.07) is -1.25. The van der Waals surface area contributed by atoms with E-state index in [4.69, 9.17) is 0 Å². The highest BCUT2D eigenvalue weighted by Crippen LogP contribution is 2.13. The van der Waals surface area contributed by atoms with Gasteiger partial charge in [0.25, 0.3) is 10.1 Å². The first-order chi connectivity index (χ1) is 22.7. The average Bonchev–Trinajstić information content (AvgIpc) is 3.03. The fourth-order valence-corrected chi connectivity index (χ4v) is 6.38. The summed E-state index contributed by atoms with van der Waals surface area (Å²) in [5.74, 6) is -1.56. The van der Waals surface area contributed by atoms with E-state index >= 15 is 0 Å². The Morgan fingerprint density at radius 2 is 0.957 bits per heavy atom. The molecule has 8 heteroatoms. The number of rotatable bonds is 34. The molecule has 1 amide bonds. The summed E-state index contributed by atoms with van der Waals surface area (Å²) < 4.78 is 32.3. The van der Waals surface area contributed by atoms with Crippen LogP contribution in [-0.4, -0.2) is 53.1 Å². The molecule has 0 radical (unpaired) electrons. The van der Waals surface area contributed by atoms with Gasteiger partial charge in [0.1, 0.15) is 6.10 Å². The van der Waals surface area contributed by atoms with Crippen molar-refractivity contribution in [1.82, 2.24) is 5.32 Å². The van der Waals surface area contributed by atoms with Gasteiger partial charge in [-0.15, -0.1) is 0 Å². The summed E-state index contributed by atoms with van der Waals surface area (Å²) in [6.07, 6.45) is 39.3. The third-order valence-electron chi connectivity index (χ3n) is 8.65. The minimum Gasteiger partial charge on any atom is -0.387 e. The lowest BCUT2D eigenvalue weighted by molar-refractivity contribution is -0.130. The lowest BCUT2D eigenvalue weighted by Crippen LogP contribution is -2.50. The first-order valence-corrected chi connectivity index (χ1v) is 20.9. The molecular formula is C39H73NO6S. The normalized spacial score (nSPS) is 14.4. The van der Waals surface area contributed by atoms with Crippen molar-refractivity contribution >= 4 is 16.0 Å². The lowest BCUT2D eigenvalue weighted by Gasteiger charge is -2.22. The molecule has 47 heavy (non-hydrogen) atoms. The van der Waals surface area contributed by atoms with E-state index in [2.05, 4.69) is 43.5 Å². The third kappa shape index (κ3) is 32.8. The molecule has 0 heterocycles. The van der Waals surface area contributed by atoms with E-state index in [-0.39, 0.29) is 6.42 Å². The molecule has 0 aromatic heterocycles. The number of hydrogen-bond donors (Lipinski definition) is 4. The van der Waals surface area contributed by atoms with Crippen LogP contribution in [0.2, 0.25) is 0 Å². The van der Waals surface area contributed by atoms with Gasteiger partial charge in [-0.3, -0.25) is 9.35 Å². The minimum atomic E-state index is -4.45. The number of unbranched alkanes of at least 4 members (excludes halogenated alkanes) is 21. The SMILES string of the molecule is CCCCCC/C=C/CC/C=C/C(O)C(CS(=O)(=O)O)NC(=O)C(O)CCCCCCCC/C=C\CCCCCCCCCCCC. The molecule has 0 saturated heterocycles. The van der Waals surface area contributed by atoms with Gasteiger partial charge in [-0.1, -0.05) is 159 Å². The Morgan fingerprint density at radius 1 is 0.574 bits per heavy atom. The van der Waals surface area contributed by atoms with Crippen LogP contribution >= 0.6 is 0 Å². The predicted molar refractivity (Wildman–Crippen MR) is 199 cm³/mol. The van der Waals surface area contributed by atoms with Crippen LogP contribution in [0.4, 0.5) is 0 Å². The molecule has 3 atom stereocenters. The van der Waals surface area contributed by atoms with E-state index in [1.54, 1.807) is 6.08 Å². The summed E-state index contributed by atoms with van der Waals surface area (Å²) in [7, 11) is -4.45. The lowest BCUT2D eigenvalue weighted by atomic mass is 10.0. The van der Waals surface area contributed by atoms with Crippen molar-refractivity contribution in [2.75, 3.05) is 5.75 Å². The minimum absolute atomic E-state index is 0.267. The number of hydrogen-bond acceptors (Lipinski definition) is 5. The van der Waals surface area contributed by atoms with Crippen LogP contribution in [-0.2, 0) is 14.9 Å². The quantitative estimate of drug-likeness (QED) is 0.0304. The molecule has 3 unspecified atom stereocenters. The molecule has 0 rings (SSSR count). The summed E-state index contributed by atoms with van der Waals surface area (Å²) in [5, 5.41) is 23.2. The smallest absolute Gasteiger partial charge is 0.267 e. The number of aliphatic hydroxyl groups excluding tert-OH is 2. The highest BCUT2D eigenvalue weighted by Gasteiger charge is 2.27.